The molecule has 4 heteroatoms. The third-order valence-corrected chi connectivity index (χ3v) is 2.67. The van der Waals surface area contributed by atoms with Crippen molar-refractivity contribution in [1.82, 2.24) is 4.90 Å². The zero-order valence-electron chi connectivity index (χ0n) is 13.4. The number of likely N-dealkylation sites (N-methyl/N-ethyl adjacent to an activating group) is 1. The lowest BCUT2D eigenvalue weighted by Crippen LogP contribution is -2.27. The van der Waals surface area contributed by atoms with E-state index in [-0.39, 0.29) is 11.6 Å². The topological polar surface area (TPSA) is 55.6 Å². The normalized spacial score (nSPS) is 14.3. The Morgan fingerprint density at radius 1 is 1.25 bits per heavy atom. The first-order chi connectivity index (χ1) is 9.31. The summed E-state index contributed by atoms with van der Waals surface area (Å²) in [6, 6.07) is 0. The van der Waals surface area contributed by atoms with Crippen LogP contribution in [0.3, 0.4) is 0 Å². The van der Waals surface area contributed by atoms with Gasteiger partial charge in [0.15, 0.2) is 0 Å². The largest absolute Gasteiger partial charge is 0.462 e. The zero-order chi connectivity index (χ0) is 15.7. The van der Waals surface area contributed by atoms with Gasteiger partial charge in [0.1, 0.15) is 17.2 Å². The Bertz CT molecular complexity index is 455. The van der Waals surface area contributed by atoms with E-state index in [1.54, 1.807) is 20.2 Å². The van der Waals surface area contributed by atoms with Crippen molar-refractivity contribution in [2.24, 2.45) is 5.73 Å². The molecule has 0 aliphatic carbocycles. The van der Waals surface area contributed by atoms with Crippen LogP contribution in [0.4, 0.5) is 0 Å². The van der Waals surface area contributed by atoms with Crippen LogP contribution in [-0.4, -0.2) is 24.9 Å². The molecular weight excluding hydrogens is 252 g/mol. The lowest BCUT2D eigenvalue weighted by Gasteiger charge is -2.11. The highest BCUT2D eigenvalue weighted by molar-refractivity contribution is 5.92. The number of ether oxygens (including phenoxy) is 1. The van der Waals surface area contributed by atoms with E-state index < -0.39 is 0 Å². The number of hydrogen-bond acceptors (Lipinski definition) is 3. The molecule has 4 nitrogen and oxygen atoms in total. The summed E-state index contributed by atoms with van der Waals surface area (Å²) in [5.74, 6) is 1.05. The first-order valence-corrected chi connectivity index (χ1v) is 6.68. The van der Waals surface area contributed by atoms with E-state index >= 15 is 0 Å². The second-order valence-corrected chi connectivity index (χ2v) is 4.74. The summed E-state index contributed by atoms with van der Waals surface area (Å²) in [4.78, 5) is 13.1. The Labute approximate surface area is 122 Å². The van der Waals surface area contributed by atoms with Gasteiger partial charge in [-0.1, -0.05) is 18.6 Å². The van der Waals surface area contributed by atoms with Crippen LogP contribution in [0.5, 0.6) is 0 Å². The van der Waals surface area contributed by atoms with Gasteiger partial charge in [0, 0.05) is 20.2 Å². The molecule has 0 aliphatic heterocycles. The summed E-state index contributed by atoms with van der Waals surface area (Å²) >= 11 is 0. The third-order valence-electron chi connectivity index (χ3n) is 2.67. The molecule has 0 bridgehead atoms. The van der Waals surface area contributed by atoms with Crippen molar-refractivity contribution in [3.63, 3.8) is 0 Å². The van der Waals surface area contributed by atoms with Crippen molar-refractivity contribution in [2.75, 3.05) is 14.1 Å². The van der Waals surface area contributed by atoms with Crippen LogP contribution < -0.4 is 5.73 Å². The molecule has 0 rings (SSSR count). The second-order valence-electron chi connectivity index (χ2n) is 4.74. The lowest BCUT2D eigenvalue weighted by molar-refractivity contribution is -0.124. The molecule has 1 amide bonds. The van der Waals surface area contributed by atoms with Gasteiger partial charge in [-0.2, -0.15) is 0 Å². The molecule has 0 aromatic heterocycles. The fraction of sp³-hybridized carbons (Fsp3) is 0.438. The number of hydrogen-bond donors (Lipinski definition) is 1. The average molecular weight is 278 g/mol. The van der Waals surface area contributed by atoms with E-state index in [1.807, 2.05) is 26.0 Å². The van der Waals surface area contributed by atoms with E-state index in [0.29, 0.717) is 5.76 Å². The van der Waals surface area contributed by atoms with E-state index in [0.717, 1.165) is 12.2 Å². The van der Waals surface area contributed by atoms with Crippen LogP contribution in [0.25, 0.3) is 0 Å². The molecule has 0 atom stereocenters. The molecule has 0 radical (unpaired) electrons. The molecule has 0 fully saturated rings. The first-order valence-electron chi connectivity index (χ1n) is 6.68. The van der Waals surface area contributed by atoms with Gasteiger partial charge in [0.25, 0.3) is 5.91 Å². The Kier molecular flexibility index (Phi) is 8.13. The predicted octanol–water partition coefficient (Wildman–Crippen LogP) is 3.10. The molecule has 0 saturated carbocycles. The van der Waals surface area contributed by atoms with Crippen LogP contribution in [0.2, 0.25) is 0 Å². The Hall–Kier alpha value is -1.97. The summed E-state index contributed by atoms with van der Waals surface area (Å²) in [6.07, 6.45) is 8.23. The van der Waals surface area contributed by atoms with E-state index in [4.69, 9.17) is 10.5 Å². The van der Waals surface area contributed by atoms with Crippen molar-refractivity contribution >= 4 is 5.91 Å². The molecule has 0 aromatic carbocycles. The summed E-state index contributed by atoms with van der Waals surface area (Å²) in [5.41, 5.74) is 7.15. The maximum atomic E-state index is 11.7. The molecular formula is C16H26N2O2. The minimum atomic E-state index is -0.240. The van der Waals surface area contributed by atoms with Gasteiger partial charge in [-0.05, 0) is 39.3 Å². The van der Waals surface area contributed by atoms with E-state index in [2.05, 4.69) is 13.8 Å². The molecule has 112 valence electrons. The molecule has 0 unspecified atom stereocenters. The number of allylic oxidation sites excluding steroid dienone is 6. The highest BCUT2D eigenvalue weighted by Gasteiger charge is 2.08. The van der Waals surface area contributed by atoms with Crippen molar-refractivity contribution in [3.8, 4) is 0 Å². The van der Waals surface area contributed by atoms with Gasteiger partial charge in [-0.15, -0.1) is 0 Å². The van der Waals surface area contributed by atoms with Gasteiger partial charge in [-0.3, -0.25) is 4.79 Å². The highest BCUT2D eigenvalue weighted by atomic mass is 16.5. The molecule has 0 heterocycles. The van der Waals surface area contributed by atoms with Gasteiger partial charge >= 0.3 is 0 Å². The minimum absolute atomic E-state index is 0.149. The van der Waals surface area contributed by atoms with Gasteiger partial charge < -0.3 is 15.4 Å². The number of carbonyl (C=O) groups is 1. The second kappa shape index (κ2) is 9.02. The van der Waals surface area contributed by atoms with Crippen molar-refractivity contribution < 1.29 is 9.53 Å². The Morgan fingerprint density at radius 2 is 1.85 bits per heavy atom. The molecule has 0 spiro atoms. The monoisotopic (exact) mass is 278 g/mol. The van der Waals surface area contributed by atoms with Crippen molar-refractivity contribution in [3.05, 3.63) is 47.1 Å². The van der Waals surface area contributed by atoms with Crippen molar-refractivity contribution in [2.45, 2.75) is 34.1 Å². The molecule has 0 aliphatic rings. The average Bonchev–Trinajstić information content (AvgIpc) is 2.42. The number of carbonyl (C=O) groups excluding carboxylic acids is 1. The summed E-state index contributed by atoms with van der Waals surface area (Å²) in [6.45, 7) is 7.86. The minimum Gasteiger partial charge on any atom is -0.462 e. The summed E-state index contributed by atoms with van der Waals surface area (Å²) < 4.78 is 5.65. The number of nitrogens with two attached hydrogens (primary N) is 1. The van der Waals surface area contributed by atoms with E-state index in [9.17, 15) is 4.79 Å². The van der Waals surface area contributed by atoms with Crippen molar-refractivity contribution in [1.29, 1.82) is 0 Å². The van der Waals surface area contributed by atoms with Crippen LogP contribution in [-0.2, 0) is 9.53 Å². The summed E-state index contributed by atoms with van der Waals surface area (Å²) in [5, 5.41) is 0. The maximum Gasteiger partial charge on any atom is 0.269 e. The Morgan fingerprint density at radius 3 is 2.30 bits per heavy atom. The maximum absolute atomic E-state index is 11.7. The Balaban J connectivity index is 4.90. The zero-order valence-corrected chi connectivity index (χ0v) is 13.4. The molecule has 2 N–H and O–H groups in total. The first kappa shape index (κ1) is 18.0. The number of rotatable bonds is 6. The number of nitrogens with zero attached hydrogens (tertiary/aromatic N) is 1. The fourth-order valence-electron chi connectivity index (χ4n) is 1.24. The quantitative estimate of drug-likeness (QED) is 0.461. The van der Waals surface area contributed by atoms with Gasteiger partial charge in [0.2, 0.25) is 0 Å². The van der Waals surface area contributed by atoms with E-state index in [1.165, 1.54) is 16.5 Å². The SMILES string of the molecule is C/C=C(\C=C(/N)C(=O)N(C)C)O/C(C)=C/C=C(/C)CC. The fourth-order valence-corrected chi connectivity index (χ4v) is 1.24. The third kappa shape index (κ3) is 6.83. The predicted molar refractivity (Wildman–Crippen MR) is 83.6 cm³/mol. The smallest absolute Gasteiger partial charge is 0.269 e. The van der Waals surface area contributed by atoms with Gasteiger partial charge in [-0.25, -0.2) is 0 Å². The standard InChI is InChI=1S/C16H26N2O2/c1-7-12(3)9-10-13(4)20-14(8-2)11-15(17)16(19)18(5)6/h8-11H,7,17H2,1-6H3/b12-9-,13-10+,14-8+,15-11-. The highest BCUT2D eigenvalue weighted by Crippen LogP contribution is 2.10. The molecule has 20 heavy (non-hydrogen) atoms. The van der Waals surface area contributed by atoms with Crippen LogP contribution >= 0.6 is 0 Å². The number of amides is 1. The van der Waals surface area contributed by atoms with Crippen LogP contribution in [0.15, 0.2) is 47.1 Å². The van der Waals surface area contributed by atoms with Crippen LogP contribution in [0.1, 0.15) is 34.1 Å². The molecule has 0 aromatic rings. The molecule has 0 saturated heterocycles. The van der Waals surface area contributed by atoms with Crippen LogP contribution in [0, 0.1) is 0 Å². The van der Waals surface area contributed by atoms with Gasteiger partial charge in [0.05, 0.1) is 0 Å². The summed E-state index contributed by atoms with van der Waals surface area (Å²) in [7, 11) is 3.31. The lowest BCUT2D eigenvalue weighted by atomic mass is 10.2.